The fraction of sp³-hybridized carbons (Fsp3) is 0.867. The number of fused-ring (bicyclic) bond motifs is 7. The third-order valence-corrected chi connectivity index (χ3v) is 13.0. The molecule has 10 atom stereocenters. The Morgan fingerprint density at radius 2 is 1.55 bits per heavy atom. The lowest BCUT2D eigenvalue weighted by Crippen LogP contribution is -2.65. The van der Waals surface area contributed by atoms with Gasteiger partial charge >= 0.3 is 0 Å². The Hall–Kier alpha value is -0.560. The number of aliphatic hydroxyl groups excluding tert-OH is 1. The quantitative estimate of drug-likeness (QED) is 0.426. The van der Waals surface area contributed by atoms with Gasteiger partial charge in [0.05, 0.1) is 6.10 Å². The zero-order chi connectivity index (χ0) is 22.6. The summed E-state index contributed by atoms with van der Waals surface area (Å²) in [6, 6.07) is 0. The van der Waals surface area contributed by atoms with Crippen LogP contribution in [0, 0.1) is 56.7 Å². The molecule has 5 aliphatic rings. The lowest BCUT2D eigenvalue weighted by Gasteiger charge is -2.72. The van der Waals surface area contributed by atoms with Gasteiger partial charge in [0, 0.05) is 0 Å². The SMILES string of the molecule is C=C(C)[C@@H]1CC[C@]2(C)CC[C@]3(C)[C@H](CC[C@@H]4[C@@]5(C)C=C[C@H](O)C(C)(C)[C@H]5CC[C@]43C)[C@@H]12. The van der Waals surface area contributed by atoms with Crippen molar-refractivity contribution in [2.75, 3.05) is 0 Å². The molecule has 0 saturated heterocycles. The first-order valence-corrected chi connectivity index (χ1v) is 13.3. The maximum absolute atomic E-state index is 10.8. The Balaban J connectivity index is 1.57. The van der Waals surface area contributed by atoms with E-state index in [-0.39, 0.29) is 16.9 Å². The molecule has 0 bridgehead atoms. The first-order valence-electron chi connectivity index (χ1n) is 13.3. The Morgan fingerprint density at radius 3 is 2.23 bits per heavy atom. The molecule has 1 heteroatoms. The van der Waals surface area contributed by atoms with Crippen molar-refractivity contribution in [3.63, 3.8) is 0 Å². The van der Waals surface area contributed by atoms with Crippen LogP contribution in [0.2, 0.25) is 0 Å². The molecule has 31 heavy (non-hydrogen) atoms. The Morgan fingerprint density at radius 1 is 0.839 bits per heavy atom. The molecular formula is C30H48O. The van der Waals surface area contributed by atoms with Crippen LogP contribution >= 0.6 is 0 Å². The van der Waals surface area contributed by atoms with Gasteiger partial charge in [0.2, 0.25) is 0 Å². The van der Waals surface area contributed by atoms with Crippen molar-refractivity contribution < 1.29 is 5.11 Å². The lowest BCUT2D eigenvalue weighted by atomic mass is 9.33. The third-order valence-electron chi connectivity index (χ3n) is 13.0. The predicted molar refractivity (Wildman–Crippen MR) is 131 cm³/mol. The molecule has 0 heterocycles. The molecule has 0 aromatic rings. The van der Waals surface area contributed by atoms with Gasteiger partial charge in [-0.3, -0.25) is 0 Å². The largest absolute Gasteiger partial charge is 0.388 e. The number of hydrogen-bond donors (Lipinski definition) is 1. The molecule has 1 nitrogen and oxygen atoms in total. The predicted octanol–water partition coefficient (Wildman–Crippen LogP) is 7.80. The minimum Gasteiger partial charge on any atom is -0.388 e. The van der Waals surface area contributed by atoms with Crippen molar-refractivity contribution in [2.45, 2.75) is 106 Å². The molecule has 0 unspecified atom stereocenters. The van der Waals surface area contributed by atoms with Crippen LogP contribution in [-0.2, 0) is 0 Å². The van der Waals surface area contributed by atoms with E-state index in [1.807, 2.05) is 0 Å². The first-order chi connectivity index (χ1) is 14.3. The summed E-state index contributed by atoms with van der Waals surface area (Å²) >= 11 is 0. The van der Waals surface area contributed by atoms with E-state index in [2.05, 4.69) is 67.2 Å². The van der Waals surface area contributed by atoms with Gasteiger partial charge < -0.3 is 5.11 Å². The van der Waals surface area contributed by atoms with Crippen LogP contribution < -0.4 is 0 Å². The highest BCUT2D eigenvalue weighted by atomic mass is 16.3. The fourth-order valence-electron chi connectivity index (χ4n) is 10.9. The zero-order valence-electron chi connectivity index (χ0n) is 21.4. The highest BCUT2D eigenvalue weighted by molar-refractivity contribution is 5.25. The van der Waals surface area contributed by atoms with Gasteiger partial charge in [-0.05, 0) is 115 Å². The van der Waals surface area contributed by atoms with E-state index in [1.165, 1.54) is 56.9 Å². The van der Waals surface area contributed by atoms with E-state index in [9.17, 15) is 5.11 Å². The first kappa shape index (κ1) is 22.2. The minimum absolute atomic E-state index is 0.0236. The molecule has 0 aliphatic heterocycles. The van der Waals surface area contributed by atoms with Gasteiger partial charge in [0.25, 0.3) is 0 Å². The van der Waals surface area contributed by atoms with Gasteiger partial charge in [-0.15, -0.1) is 0 Å². The monoisotopic (exact) mass is 424 g/mol. The van der Waals surface area contributed by atoms with Gasteiger partial charge in [-0.25, -0.2) is 0 Å². The average molecular weight is 425 g/mol. The maximum Gasteiger partial charge on any atom is 0.0774 e. The number of rotatable bonds is 1. The van der Waals surface area contributed by atoms with Crippen LogP contribution in [0.3, 0.4) is 0 Å². The van der Waals surface area contributed by atoms with Gasteiger partial charge in [0.15, 0.2) is 0 Å². The maximum atomic E-state index is 10.8. The second-order valence-electron chi connectivity index (χ2n) is 14.3. The molecule has 4 fully saturated rings. The van der Waals surface area contributed by atoms with Crippen molar-refractivity contribution in [3.8, 4) is 0 Å². The molecular weight excluding hydrogens is 376 g/mol. The standard InChI is InChI=1S/C30H48O/c1-19(2)20-11-14-27(5)17-18-29(7)21(25(20)27)9-10-23-28(6)15-13-24(31)26(3,4)22(28)12-16-30(23,29)8/h13,15,20-25,31H,1,9-12,14,16-18H2,2-8H3/t20-,21+,22+,23+,24-,25+,27+,28-,29+,30+/m0/s1. The van der Waals surface area contributed by atoms with Crippen LogP contribution in [0.4, 0.5) is 0 Å². The summed E-state index contributed by atoms with van der Waals surface area (Å²) in [4.78, 5) is 0. The van der Waals surface area contributed by atoms with Crippen LogP contribution in [0.25, 0.3) is 0 Å². The van der Waals surface area contributed by atoms with Crippen molar-refractivity contribution in [3.05, 3.63) is 24.3 Å². The summed E-state index contributed by atoms with van der Waals surface area (Å²) in [6.07, 6.45) is 15.3. The minimum atomic E-state index is -0.299. The van der Waals surface area contributed by atoms with Crippen molar-refractivity contribution >= 4 is 0 Å². The molecule has 0 aromatic carbocycles. The van der Waals surface area contributed by atoms with Crippen molar-refractivity contribution in [2.24, 2.45) is 56.7 Å². The topological polar surface area (TPSA) is 20.2 Å². The molecule has 0 radical (unpaired) electrons. The zero-order valence-corrected chi connectivity index (χ0v) is 21.4. The van der Waals surface area contributed by atoms with Gasteiger partial charge in [-0.2, -0.15) is 0 Å². The van der Waals surface area contributed by atoms with Crippen LogP contribution in [0.5, 0.6) is 0 Å². The second kappa shape index (κ2) is 6.52. The van der Waals surface area contributed by atoms with E-state index in [0.717, 1.165) is 23.7 Å². The van der Waals surface area contributed by atoms with Gasteiger partial charge in [-0.1, -0.05) is 65.8 Å². The molecule has 5 rings (SSSR count). The van der Waals surface area contributed by atoms with Crippen LogP contribution in [0.1, 0.15) is 99.8 Å². The highest BCUT2D eigenvalue weighted by Gasteiger charge is 2.69. The summed E-state index contributed by atoms with van der Waals surface area (Å²) in [5, 5.41) is 10.8. The van der Waals surface area contributed by atoms with E-state index >= 15 is 0 Å². The molecule has 5 aliphatic carbocycles. The van der Waals surface area contributed by atoms with E-state index in [1.54, 1.807) is 0 Å². The molecule has 1 N–H and O–H groups in total. The third kappa shape index (κ3) is 2.59. The second-order valence-corrected chi connectivity index (χ2v) is 14.3. The van der Waals surface area contributed by atoms with Crippen molar-refractivity contribution in [1.82, 2.24) is 0 Å². The fourth-order valence-corrected chi connectivity index (χ4v) is 10.9. The Bertz CT molecular complexity index is 807. The molecule has 174 valence electrons. The van der Waals surface area contributed by atoms with Crippen LogP contribution in [0.15, 0.2) is 24.3 Å². The summed E-state index contributed by atoms with van der Waals surface area (Å²) < 4.78 is 0. The smallest absolute Gasteiger partial charge is 0.0774 e. The normalized spacial score (nSPS) is 57.4. The molecule has 0 amide bonds. The van der Waals surface area contributed by atoms with Crippen LogP contribution in [-0.4, -0.2) is 11.2 Å². The summed E-state index contributed by atoms with van der Waals surface area (Å²) in [6.45, 7) is 22.0. The molecule has 0 spiro atoms. The summed E-state index contributed by atoms with van der Waals surface area (Å²) in [5.74, 6) is 3.75. The van der Waals surface area contributed by atoms with E-state index in [0.29, 0.717) is 22.2 Å². The molecule has 0 aromatic heterocycles. The van der Waals surface area contributed by atoms with E-state index in [4.69, 9.17) is 0 Å². The Kier molecular flexibility index (Phi) is 4.68. The number of allylic oxidation sites excluding steroid dienone is 2. The highest BCUT2D eigenvalue weighted by Crippen LogP contribution is 2.76. The summed E-state index contributed by atoms with van der Waals surface area (Å²) in [7, 11) is 0. The van der Waals surface area contributed by atoms with E-state index < -0.39 is 0 Å². The Labute approximate surface area is 192 Å². The van der Waals surface area contributed by atoms with Crippen molar-refractivity contribution in [1.29, 1.82) is 0 Å². The average Bonchev–Trinajstić information content (AvgIpc) is 3.04. The van der Waals surface area contributed by atoms with Gasteiger partial charge in [0.1, 0.15) is 0 Å². The lowest BCUT2D eigenvalue weighted by molar-refractivity contribution is -0.222. The number of hydrogen-bond acceptors (Lipinski definition) is 1. The summed E-state index contributed by atoms with van der Waals surface area (Å²) in [5.41, 5.74) is 3.01. The molecule has 4 saturated carbocycles. The number of aliphatic hydroxyl groups is 1.